The van der Waals surface area contributed by atoms with Crippen LogP contribution in [0.5, 0.6) is 5.75 Å². The number of ether oxygens (including phenoxy) is 1. The van der Waals surface area contributed by atoms with Crippen molar-refractivity contribution >= 4 is 23.5 Å². The lowest BCUT2D eigenvalue weighted by atomic mass is 10.2. The van der Waals surface area contributed by atoms with Crippen LogP contribution in [0, 0.1) is 0 Å². The molecule has 0 radical (unpaired) electrons. The summed E-state index contributed by atoms with van der Waals surface area (Å²) < 4.78 is 5.42. The van der Waals surface area contributed by atoms with Crippen LogP contribution in [0.2, 0.25) is 5.02 Å². The Bertz CT molecular complexity index is 508. The van der Waals surface area contributed by atoms with Gasteiger partial charge in [0.05, 0.1) is 5.02 Å². The van der Waals surface area contributed by atoms with Crippen molar-refractivity contribution in [2.45, 2.75) is 32.9 Å². The first kappa shape index (κ1) is 17.3. The highest BCUT2D eigenvalue weighted by Gasteiger charge is 2.17. The minimum Gasteiger partial charge on any atom is -0.479 e. The highest BCUT2D eigenvalue weighted by molar-refractivity contribution is 6.32. The molecule has 0 aliphatic rings. The maximum atomic E-state index is 11.5. The summed E-state index contributed by atoms with van der Waals surface area (Å²) in [6, 6.07) is 4.42. The average Bonchev–Trinajstić information content (AvgIpc) is 2.41. The molecule has 0 spiro atoms. The number of hydrogen-bond donors (Lipinski definition) is 3. The molecule has 1 rings (SSSR count). The molecule has 0 aliphatic heterocycles. The van der Waals surface area contributed by atoms with Crippen molar-refractivity contribution in [2.24, 2.45) is 5.73 Å². The van der Waals surface area contributed by atoms with Gasteiger partial charge in [-0.15, -0.1) is 0 Å². The van der Waals surface area contributed by atoms with Crippen LogP contribution in [-0.2, 0) is 11.3 Å². The van der Waals surface area contributed by atoms with E-state index in [2.05, 4.69) is 12.2 Å². The standard InChI is InChI=1S/C14H20ClN3O3/c1-3-6-17-8-10-4-5-12(11(15)7-10)21-9(2)13(19)18-14(16)20/h4-5,7,9,17H,3,6,8H2,1-2H3,(H3,16,18,19,20). The largest absolute Gasteiger partial charge is 0.479 e. The van der Waals surface area contributed by atoms with Crippen LogP contribution in [0.1, 0.15) is 25.8 Å². The molecule has 0 heterocycles. The molecule has 0 bridgehead atoms. The van der Waals surface area contributed by atoms with Crippen molar-refractivity contribution in [3.8, 4) is 5.75 Å². The topological polar surface area (TPSA) is 93.4 Å². The molecule has 1 unspecified atom stereocenters. The highest BCUT2D eigenvalue weighted by atomic mass is 35.5. The first-order valence-electron chi connectivity index (χ1n) is 6.70. The number of nitrogens with one attached hydrogen (secondary N) is 2. The van der Waals surface area contributed by atoms with Crippen LogP contribution < -0.4 is 21.1 Å². The first-order valence-corrected chi connectivity index (χ1v) is 7.08. The van der Waals surface area contributed by atoms with Crippen molar-refractivity contribution < 1.29 is 14.3 Å². The highest BCUT2D eigenvalue weighted by Crippen LogP contribution is 2.26. The van der Waals surface area contributed by atoms with E-state index in [0.29, 0.717) is 17.3 Å². The second kappa shape index (κ2) is 8.49. The van der Waals surface area contributed by atoms with Crippen molar-refractivity contribution in [2.75, 3.05) is 6.54 Å². The molecule has 6 nitrogen and oxygen atoms in total. The van der Waals surface area contributed by atoms with Crippen molar-refractivity contribution in [1.82, 2.24) is 10.6 Å². The molecule has 21 heavy (non-hydrogen) atoms. The van der Waals surface area contributed by atoms with E-state index in [0.717, 1.165) is 18.5 Å². The van der Waals surface area contributed by atoms with E-state index in [9.17, 15) is 9.59 Å². The maximum Gasteiger partial charge on any atom is 0.318 e. The molecule has 1 aromatic carbocycles. The molecule has 3 amide bonds. The molecule has 0 saturated heterocycles. The molecule has 0 aromatic heterocycles. The van der Waals surface area contributed by atoms with Gasteiger partial charge in [0.1, 0.15) is 5.75 Å². The Hall–Kier alpha value is -1.79. The molecule has 1 aromatic rings. The average molecular weight is 314 g/mol. The normalized spacial score (nSPS) is 11.8. The van der Waals surface area contributed by atoms with Gasteiger partial charge in [0.25, 0.3) is 5.91 Å². The van der Waals surface area contributed by atoms with Gasteiger partial charge in [-0.25, -0.2) is 4.79 Å². The zero-order chi connectivity index (χ0) is 15.8. The lowest BCUT2D eigenvalue weighted by Crippen LogP contribution is -2.42. The van der Waals surface area contributed by atoms with Crippen LogP contribution in [0.25, 0.3) is 0 Å². The smallest absolute Gasteiger partial charge is 0.318 e. The summed E-state index contributed by atoms with van der Waals surface area (Å²) in [5.41, 5.74) is 5.90. The van der Waals surface area contributed by atoms with Gasteiger partial charge in [-0.2, -0.15) is 0 Å². The first-order chi connectivity index (χ1) is 9.93. The second-order valence-corrected chi connectivity index (χ2v) is 4.96. The number of urea groups is 1. The Kier molecular flexibility index (Phi) is 6.98. The fraction of sp³-hybridized carbons (Fsp3) is 0.429. The predicted octanol–water partition coefficient (Wildman–Crippen LogP) is 1.80. The summed E-state index contributed by atoms with van der Waals surface area (Å²) in [4.78, 5) is 22.1. The van der Waals surface area contributed by atoms with E-state index in [-0.39, 0.29) is 0 Å². The summed E-state index contributed by atoms with van der Waals surface area (Å²) in [5.74, 6) is -0.240. The Balaban J connectivity index is 2.63. The third-order valence-electron chi connectivity index (χ3n) is 2.67. The molecular formula is C14H20ClN3O3. The molecule has 0 aliphatic carbocycles. The fourth-order valence-electron chi connectivity index (χ4n) is 1.63. The van der Waals surface area contributed by atoms with Gasteiger partial charge in [-0.1, -0.05) is 24.6 Å². The van der Waals surface area contributed by atoms with Crippen LogP contribution >= 0.6 is 11.6 Å². The third-order valence-corrected chi connectivity index (χ3v) is 2.97. The van der Waals surface area contributed by atoms with E-state index in [1.807, 2.05) is 11.4 Å². The second-order valence-electron chi connectivity index (χ2n) is 4.56. The number of carbonyl (C=O) groups is 2. The van der Waals surface area contributed by atoms with Gasteiger partial charge in [-0.3, -0.25) is 10.1 Å². The van der Waals surface area contributed by atoms with Crippen LogP contribution in [0.4, 0.5) is 4.79 Å². The summed E-state index contributed by atoms with van der Waals surface area (Å²) >= 11 is 6.12. The number of primary amides is 1. The van der Waals surface area contributed by atoms with E-state index >= 15 is 0 Å². The molecule has 7 heteroatoms. The Morgan fingerprint density at radius 3 is 2.71 bits per heavy atom. The van der Waals surface area contributed by atoms with Crippen molar-refractivity contribution in [3.63, 3.8) is 0 Å². The number of benzene rings is 1. The summed E-state index contributed by atoms with van der Waals surface area (Å²) in [6.45, 7) is 5.24. The van der Waals surface area contributed by atoms with Crippen molar-refractivity contribution in [3.05, 3.63) is 28.8 Å². The van der Waals surface area contributed by atoms with Crippen LogP contribution in [0.3, 0.4) is 0 Å². The monoisotopic (exact) mass is 313 g/mol. The van der Waals surface area contributed by atoms with Crippen molar-refractivity contribution in [1.29, 1.82) is 0 Å². The predicted molar refractivity (Wildman–Crippen MR) is 81.3 cm³/mol. The van der Waals surface area contributed by atoms with Gasteiger partial charge in [0, 0.05) is 6.54 Å². The molecule has 116 valence electrons. The summed E-state index contributed by atoms with van der Waals surface area (Å²) in [6.07, 6.45) is 0.181. The van der Waals surface area contributed by atoms with Gasteiger partial charge in [0.15, 0.2) is 6.10 Å². The number of hydrogen-bond acceptors (Lipinski definition) is 4. The lowest BCUT2D eigenvalue weighted by molar-refractivity contribution is -0.126. The van der Waals surface area contributed by atoms with Gasteiger partial charge in [0.2, 0.25) is 0 Å². The third kappa shape index (κ3) is 6.01. The molecular weight excluding hydrogens is 294 g/mol. The van der Waals surface area contributed by atoms with E-state index < -0.39 is 18.0 Å². The van der Waals surface area contributed by atoms with E-state index in [1.165, 1.54) is 6.92 Å². The summed E-state index contributed by atoms with van der Waals surface area (Å²) in [7, 11) is 0. The van der Waals surface area contributed by atoms with Gasteiger partial charge < -0.3 is 15.8 Å². The van der Waals surface area contributed by atoms with Gasteiger partial charge >= 0.3 is 6.03 Å². The van der Waals surface area contributed by atoms with Crippen LogP contribution in [0.15, 0.2) is 18.2 Å². The lowest BCUT2D eigenvalue weighted by Gasteiger charge is -2.15. The van der Waals surface area contributed by atoms with E-state index in [1.54, 1.807) is 12.1 Å². The number of carbonyl (C=O) groups excluding carboxylic acids is 2. The minimum absolute atomic E-state index is 0.378. The zero-order valence-electron chi connectivity index (χ0n) is 12.1. The molecule has 1 atom stereocenters. The SMILES string of the molecule is CCCNCc1ccc(OC(C)C(=O)NC(N)=O)c(Cl)c1. The number of nitrogens with two attached hydrogens (primary N) is 1. The van der Waals surface area contributed by atoms with Gasteiger partial charge in [-0.05, 0) is 37.6 Å². The Morgan fingerprint density at radius 2 is 2.14 bits per heavy atom. The zero-order valence-corrected chi connectivity index (χ0v) is 12.9. The maximum absolute atomic E-state index is 11.5. The number of imide groups is 1. The Labute approximate surface area is 129 Å². The quantitative estimate of drug-likeness (QED) is 0.669. The fourth-order valence-corrected chi connectivity index (χ4v) is 1.87. The summed E-state index contributed by atoms with van der Waals surface area (Å²) in [5, 5.41) is 5.62. The number of halogens is 1. The van der Waals surface area contributed by atoms with E-state index in [4.69, 9.17) is 22.1 Å². The number of rotatable bonds is 7. The van der Waals surface area contributed by atoms with Crippen LogP contribution in [-0.4, -0.2) is 24.6 Å². The molecule has 0 saturated carbocycles. The number of amides is 3. The Morgan fingerprint density at radius 1 is 1.43 bits per heavy atom. The minimum atomic E-state index is -0.918. The molecule has 4 N–H and O–H groups in total. The molecule has 0 fully saturated rings.